The third-order valence-corrected chi connectivity index (χ3v) is 3.37. The fraction of sp³-hybridized carbons (Fsp3) is 0.111. The first-order valence-corrected chi connectivity index (χ1v) is 7.86. The molecule has 0 saturated heterocycles. The van der Waals surface area contributed by atoms with Crippen molar-refractivity contribution in [3.63, 3.8) is 0 Å². The number of rotatable bonds is 4. The minimum absolute atomic E-state index is 0.153. The Bertz CT molecular complexity index is 934. The highest BCUT2D eigenvalue weighted by atomic mass is 16.5. The molecule has 0 radical (unpaired) electrons. The van der Waals surface area contributed by atoms with Gasteiger partial charge in [-0.2, -0.15) is 4.98 Å². The molecule has 26 heavy (non-hydrogen) atoms. The molecule has 0 fully saturated rings. The second-order valence-electron chi connectivity index (χ2n) is 5.56. The Hall–Kier alpha value is -3.68. The van der Waals surface area contributed by atoms with Gasteiger partial charge in [-0.3, -0.25) is 4.79 Å². The van der Waals surface area contributed by atoms with Crippen LogP contribution >= 0.6 is 0 Å². The molecule has 0 unspecified atom stereocenters. The zero-order valence-electron chi connectivity index (χ0n) is 14.2. The highest BCUT2D eigenvalue weighted by Gasteiger charge is 2.08. The average Bonchev–Trinajstić information content (AvgIpc) is 3.03. The number of nitrogens with zero attached hydrogens (tertiary/aromatic N) is 2. The molecule has 8 nitrogen and oxygen atoms in total. The van der Waals surface area contributed by atoms with E-state index in [0.29, 0.717) is 28.8 Å². The Morgan fingerprint density at radius 3 is 2.19 bits per heavy atom. The Morgan fingerprint density at radius 1 is 0.923 bits per heavy atom. The summed E-state index contributed by atoms with van der Waals surface area (Å²) in [7, 11) is 0. The number of carbonyl (C=O) groups excluding carboxylic acids is 2. The fourth-order valence-electron chi connectivity index (χ4n) is 2.29. The summed E-state index contributed by atoms with van der Waals surface area (Å²) < 4.78 is 4.97. The van der Waals surface area contributed by atoms with Crippen molar-refractivity contribution in [2.75, 3.05) is 16.0 Å². The largest absolute Gasteiger partial charge is 0.339 e. The van der Waals surface area contributed by atoms with Crippen LogP contribution in [0.25, 0.3) is 11.4 Å². The zero-order chi connectivity index (χ0) is 18.5. The number of aromatic nitrogens is 2. The fourth-order valence-corrected chi connectivity index (χ4v) is 2.29. The van der Waals surface area contributed by atoms with Crippen molar-refractivity contribution in [2.24, 2.45) is 0 Å². The molecule has 1 aromatic heterocycles. The number of anilines is 3. The van der Waals surface area contributed by atoms with Crippen LogP contribution in [-0.2, 0) is 4.79 Å². The molecular formula is C18H17N5O3. The van der Waals surface area contributed by atoms with E-state index in [4.69, 9.17) is 4.52 Å². The molecule has 0 bridgehead atoms. The lowest BCUT2D eigenvalue weighted by molar-refractivity contribution is -0.114. The first-order valence-electron chi connectivity index (χ1n) is 7.86. The van der Waals surface area contributed by atoms with Crippen LogP contribution in [0.5, 0.6) is 0 Å². The molecule has 132 valence electrons. The van der Waals surface area contributed by atoms with Crippen LogP contribution in [0.3, 0.4) is 0 Å². The number of aryl methyl sites for hydroxylation is 1. The van der Waals surface area contributed by atoms with Crippen molar-refractivity contribution < 1.29 is 14.1 Å². The van der Waals surface area contributed by atoms with E-state index < -0.39 is 6.03 Å². The van der Waals surface area contributed by atoms with E-state index in [-0.39, 0.29) is 5.91 Å². The highest BCUT2D eigenvalue weighted by Crippen LogP contribution is 2.20. The summed E-state index contributed by atoms with van der Waals surface area (Å²) >= 11 is 0. The van der Waals surface area contributed by atoms with Crippen molar-refractivity contribution in [1.29, 1.82) is 0 Å². The van der Waals surface area contributed by atoms with Crippen LogP contribution in [0, 0.1) is 6.92 Å². The van der Waals surface area contributed by atoms with Crippen LogP contribution in [0.4, 0.5) is 21.9 Å². The Labute approximate surface area is 149 Å². The summed E-state index contributed by atoms with van der Waals surface area (Å²) in [5, 5.41) is 12.0. The maximum absolute atomic E-state index is 12.2. The van der Waals surface area contributed by atoms with Crippen molar-refractivity contribution in [1.82, 2.24) is 10.1 Å². The summed E-state index contributed by atoms with van der Waals surface area (Å²) in [5.41, 5.74) is 2.59. The Balaban J connectivity index is 1.64. The molecule has 1 heterocycles. The number of nitrogens with one attached hydrogen (secondary N) is 3. The highest BCUT2D eigenvalue weighted by molar-refractivity contribution is 6.00. The predicted molar refractivity (Wildman–Crippen MR) is 97.9 cm³/mol. The molecule has 3 aromatic rings. The van der Waals surface area contributed by atoms with Crippen molar-refractivity contribution in [3.05, 3.63) is 54.4 Å². The summed E-state index contributed by atoms with van der Waals surface area (Å²) in [6, 6.07) is 13.5. The topological polar surface area (TPSA) is 109 Å². The Kier molecular flexibility index (Phi) is 4.93. The van der Waals surface area contributed by atoms with Gasteiger partial charge in [0.25, 0.3) is 0 Å². The van der Waals surface area contributed by atoms with E-state index in [1.807, 2.05) is 6.07 Å². The molecule has 0 atom stereocenters. The minimum Gasteiger partial charge on any atom is -0.339 e. The number of hydrogen-bond donors (Lipinski definition) is 3. The van der Waals surface area contributed by atoms with E-state index in [1.54, 1.807) is 49.4 Å². The summed E-state index contributed by atoms with van der Waals surface area (Å²) in [4.78, 5) is 27.3. The molecule has 0 spiro atoms. The van der Waals surface area contributed by atoms with E-state index in [0.717, 1.165) is 5.56 Å². The van der Waals surface area contributed by atoms with Crippen LogP contribution in [0.15, 0.2) is 53.1 Å². The van der Waals surface area contributed by atoms with Gasteiger partial charge in [0.1, 0.15) is 0 Å². The van der Waals surface area contributed by atoms with E-state index >= 15 is 0 Å². The quantitative estimate of drug-likeness (QED) is 0.665. The van der Waals surface area contributed by atoms with Gasteiger partial charge in [-0.15, -0.1) is 0 Å². The first-order chi connectivity index (χ1) is 12.5. The average molecular weight is 351 g/mol. The van der Waals surface area contributed by atoms with Gasteiger partial charge >= 0.3 is 6.03 Å². The molecule has 0 aliphatic carbocycles. The standard InChI is InChI=1S/C18H17N5O3/c1-11(24)19-14-6-8-15(9-7-14)21-18(25)22-16-5-3-4-13(10-16)17-20-12(2)26-23-17/h3-10H,1-2H3,(H,19,24)(H2,21,22,25). The maximum Gasteiger partial charge on any atom is 0.323 e. The van der Waals surface area contributed by atoms with Gasteiger partial charge < -0.3 is 20.5 Å². The molecule has 3 N–H and O–H groups in total. The van der Waals surface area contributed by atoms with Crippen molar-refractivity contribution >= 4 is 29.0 Å². The molecule has 3 rings (SSSR count). The molecule has 8 heteroatoms. The Morgan fingerprint density at radius 2 is 1.58 bits per heavy atom. The second-order valence-corrected chi connectivity index (χ2v) is 5.56. The third-order valence-electron chi connectivity index (χ3n) is 3.37. The van der Waals surface area contributed by atoms with Crippen LogP contribution in [0.1, 0.15) is 12.8 Å². The summed E-state index contributed by atoms with van der Waals surface area (Å²) in [6.45, 7) is 3.15. The van der Waals surface area contributed by atoms with E-state index in [2.05, 4.69) is 26.1 Å². The second kappa shape index (κ2) is 7.47. The molecule has 0 aliphatic rings. The third kappa shape index (κ3) is 4.44. The van der Waals surface area contributed by atoms with Crippen molar-refractivity contribution in [3.8, 4) is 11.4 Å². The van der Waals surface area contributed by atoms with Gasteiger partial charge in [-0.1, -0.05) is 17.3 Å². The number of benzene rings is 2. The summed E-state index contributed by atoms with van der Waals surface area (Å²) in [6.07, 6.45) is 0. The zero-order valence-corrected chi connectivity index (χ0v) is 14.2. The molecule has 2 aromatic carbocycles. The van der Waals surface area contributed by atoms with Crippen LogP contribution < -0.4 is 16.0 Å². The minimum atomic E-state index is -0.390. The van der Waals surface area contributed by atoms with Crippen LogP contribution in [0.2, 0.25) is 0 Å². The van der Waals surface area contributed by atoms with E-state index in [1.165, 1.54) is 6.92 Å². The lowest BCUT2D eigenvalue weighted by Gasteiger charge is -2.09. The van der Waals surface area contributed by atoms with Crippen molar-refractivity contribution in [2.45, 2.75) is 13.8 Å². The van der Waals surface area contributed by atoms with Gasteiger partial charge in [0.2, 0.25) is 17.6 Å². The number of carbonyl (C=O) groups is 2. The lowest BCUT2D eigenvalue weighted by Crippen LogP contribution is -2.19. The summed E-state index contributed by atoms with van der Waals surface area (Å²) in [5.74, 6) is 0.777. The van der Waals surface area contributed by atoms with Gasteiger partial charge in [0.15, 0.2) is 0 Å². The smallest absolute Gasteiger partial charge is 0.323 e. The maximum atomic E-state index is 12.2. The number of amides is 3. The molecular weight excluding hydrogens is 334 g/mol. The number of urea groups is 1. The van der Waals surface area contributed by atoms with Gasteiger partial charge in [-0.05, 0) is 36.4 Å². The monoisotopic (exact) mass is 351 g/mol. The predicted octanol–water partition coefficient (Wildman–Crippen LogP) is 3.65. The normalized spacial score (nSPS) is 10.2. The van der Waals surface area contributed by atoms with Gasteiger partial charge in [-0.25, -0.2) is 4.79 Å². The molecule has 0 saturated carbocycles. The first kappa shape index (κ1) is 17.2. The van der Waals surface area contributed by atoms with Gasteiger partial charge in [0.05, 0.1) is 0 Å². The number of hydrogen-bond acceptors (Lipinski definition) is 5. The van der Waals surface area contributed by atoms with Crippen LogP contribution in [-0.4, -0.2) is 22.1 Å². The SMILES string of the molecule is CC(=O)Nc1ccc(NC(=O)Nc2cccc(-c3noc(C)n3)c2)cc1. The van der Waals surface area contributed by atoms with E-state index in [9.17, 15) is 9.59 Å². The van der Waals surface area contributed by atoms with Gasteiger partial charge in [0, 0.05) is 36.5 Å². The lowest BCUT2D eigenvalue weighted by atomic mass is 10.2. The molecule has 3 amide bonds. The molecule has 0 aliphatic heterocycles.